The van der Waals surface area contributed by atoms with E-state index in [2.05, 4.69) is 33.6 Å². The van der Waals surface area contributed by atoms with Crippen molar-refractivity contribution in [2.45, 2.75) is 33.5 Å². The van der Waals surface area contributed by atoms with Crippen LogP contribution in [0.2, 0.25) is 0 Å². The lowest BCUT2D eigenvalue weighted by Crippen LogP contribution is -2.35. The third-order valence-electron chi connectivity index (χ3n) is 4.37. The van der Waals surface area contributed by atoms with Gasteiger partial charge in [-0.15, -0.1) is 0 Å². The molecular weight excluding hydrogens is 316 g/mol. The maximum absolute atomic E-state index is 12.5. The molecule has 6 heteroatoms. The number of aromatic nitrogens is 2. The van der Waals surface area contributed by atoms with Gasteiger partial charge in [0.1, 0.15) is 17.3 Å². The number of hydrogen-bond acceptors (Lipinski definition) is 4. The molecular formula is C19H26N4O2. The van der Waals surface area contributed by atoms with Crippen LogP contribution >= 0.6 is 0 Å². The van der Waals surface area contributed by atoms with Crippen LogP contribution in [0.4, 0.5) is 0 Å². The lowest BCUT2D eigenvalue weighted by atomic mass is 10.2. The third kappa shape index (κ3) is 4.20. The maximum atomic E-state index is 12.5. The summed E-state index contributed by atoms with van der Waals surface area (Å²) in [6.07, 6.45) is 1.86. The first-order chi connectivity index (χ1) is 12.1. The quantitative estimate of drug-likeness (QED) is 0.875. The van der Waals surface area contributed by atoms with Gasteiger partial charge in [-0.05, 0) is 12.0 Å². The van der Waals surface area contributed by atoms with Crippen molar-refractivity contribution in [3.8, 4) is 5.75 Å². The van der Waals surface area contributed by atoms with Crippen molar-refractivity contribution in [3.05, 3.63) is 47.5 Å². The van der Waals surface area contributed by atoms with Crippen LogP contribution in [0.1, 0.15) is 35.7 Å². The van der Waals surface area contributed by atoms with Crippen molar-refractivity contribution in [1.82, 2.24) is 19.8 Å². The SMILES string of the molecule is COc1ccccc1CNC(=O)c1cn2c(n1)CN(CC(C)C)CC2. The summed E-state index contributed by atoms with van der Waals surface area (Å²) in [5.41, 5.74) is 1.43. The summed E-state index contributed by atoms with van der Waals surface area (Å²) in [6, 6.07) is 7.68. The highest BCUT2D eigenvalue weighted by Crippen LogP contribution is 2.17. The average molecular weight is 342 g/mol. The normalized spacial score (nSPS) is 14.4. The largest absolute Gasteiger partial charge is 0.496 e. The number of amides is 1. The van der Waals surface area contributed by atoms with Crippen molar-refractivity contribution in [3.63, 3.8) is 0 Å². The lowest BCUT2D eigenvalue weighted by Gasteiger charge is -2.28. The van der Waals surface area contributed by atoms with Crippen LogP contribution in [0.15, 0.2) is 30.5 Å². The molecule has 1 amide bonds. The Hall–Kier alpha value is -2.34. The van der Waals surface area contributed by atoms with Crippen molar-refractivity contribution < 1.29 is 9.53 Å². The zero-order valence-electron chi connectivity index (χ0n) is 15.2. The maximum Gasteiger partial charge on any atom is 0.271 e. The van der Waals surface area contributed by atoms with Crippen LogP contribution in [0.25, 0.3) is 0 Å². The summed E-state index contributed by atoms with van der Waals surface area (Å²) in [5.74, 6) is 2.22. The zero-order valence-corrected chi connectivity index (χ0v) is 15.2. The molecule has 1 aliphatic heterocycles. The number of hydrogen-bond donors (Lipinski definition) is 1. The van der Waals surface area contributed by atoms with E-state index < -0.39 is 0 Å². The fourth-order valence-electron chi connectivity index (χ4n) is 3.20. The Morgan fingerprint density at radius 2 is 2.12 bits per heavy atom. The molecule has 6 nitrogen and oxygen atoms in total. The lowest BCUT2D eigenvalue weighted by molar-refractivity contribution is 0.0946. The van der Waals surface area contributed by atoms with E-state index in [1.54, 1.807) is 7.11 Å². The van der Waals surface area contributed by atoms with Crippen molar-refractivity contribution in [1.29, 1.82) is 0 Å². The predicted molar refractivity (Wildman–Crippen MR) is 96.5 cm³/mol. The highest BCUT2D eigenvalue weighted by atomic mass is 16.5. The number of rotatable bonds is 6. The molecule has 0 spiro atoms. The van der Waals surface area contributed by atoms with Crippen molar-refractivity contribution in [2.75, 3.05) is 20.2 Å². The molecule has 3 rings (SSSR count). The van der Waals surface area contributed by atoms with Crippen LogP contribution < -0.4 is 10.1 Å². The van der Waals surface area contributed by atoms with Gasteiger partial charge in [0.05, 0.1) is 13.7 Å². The van der Waals surface area contributed by atoms with E-state index in [0.29, 0.717) is 18.2 Å². The standard InChI is InChI=1S/C19H26N4O2/c1-14(2)11-22-8-9-23-12-16(21-18(23)13-22)19(24)20-10-15-6-4-5-7-17(15)25-3/h4-7,12,14H,8-11,13H2,1-3H3,(H,20,24). The highest BCUT2D eigenvalue weighted by Gasteiger charge is 2.21. The number of carbonyl (C=O) groups is 1. The number of carbonyl (C=O) groups excluding carboxylic acids is 1. The molecule has 0 fully saturated rings. The molecule has 134 valence electrons. The van der Waals surface area contributed by atoms with Gasteiger partial charge in [0.25, 0.3) is 5.91 Å². The average Bonchev–Trinajstić information content (AvgIpc) is 3.02. The molecule has 1 aromatic heterocycles. The first-order valence-electron chi connectivity index (χ1n) is 8.75. The number of nitrogens with one attached hydrogen (secondary N) is 1. The molecule has 2 aromatic rings. The summed E-state index contributed by atoms with van der Waals surface area (Å²) < 4.78 is 7.41. The number of benzene rings is 1. The van der Waals surface area contributed by atoms with Crippen LogP contribution in [-0.2, 0) is 19.6 Å². The second-order valence-corrected chi connectivity index (χ2v) is 6.86. The van der Waals surface area contributed by atoms with E-state index in [1.807, 2.05) is 30.5 Å². The molecule has 1 aromatic carbocycles. The van der Waals surface area contributed by atoms with Crippen molar-refractivity contribution in [2.24, 2.45) is 5.92 Å². The number of nitrogens with zero attached hydrogens (tertiary/aromatic N) is 3. The monoisotopic (exact) mass is 342 g/mol. The van der Waals surface area contributed by atoms with Gasteiger partial charge in [0.2, 0.25) is 0 Å². The number of imidazole rings is 1. The molecule has 0 saturated heterocycles. The first kappa shape index (κ1) is 17.5. The second-order valence-electron chi connectivity index (χ2n) is 6.86. The van der Waals surface area contributed by atoms with E-state index >= 15 is 0 Å². The molecule has 1 aliphatic rings. The van der Waals surface area contributed by atoms with Gasteiger partial charge in [-0.2, -0.15) is 0 Å². The van der Waals surface area contributed by atoms with Gasteiger partial charge in [-0.3, -0.25) is 9.69 Å². The summed E-state index contributed by atoms with van der Waals surface area (Å²) in [5, 5.41) is 2.93. The van der Waals surface area contributed by atoms with Crippen LogP contribution in [0, 0.1) is 5.92 Å². The topological polar surface area (TPSA) is 59.4 Å². The summed E-state index contributed by atoms with van der Waals surface area (Å²) >= 11 is 0. The molecule has 2 heterocycles. The van der Waals surface area contributed by atoms with Crippen LogP contribution in [-0.4, -0.2) is 40.6 Å². The van der Waals surface area contributed by atoms with Crippen molar-refractivity contribution >= 4 is 5.91 Å². The molecule has 0 unspecified atom stereocenters. The Balaban J connectivity index is 1.63. The first-order valence-corrected chi connectivity index (χ1v) is 8.75. The number of para-hydroxylation sites is 1. The van der Waals surface area contributed by atoms with Gasteiger partial charge >= 0.3 is 0 Å². The molecule has 0 radical (unpaired) electrons. The van der Waals surface area contributed by atoms with Gasteiger partial charge in [0.15, 0.2) is 0 Å². The van der Waals surface area contributed by atoms with Gasteiger partial charge in [-0.1, -0.05) is 32.0 Å². The highest BCUT2D eigenvalue weighted by molar-refractivity contribution is 5.92. The minimum Gasteiger partial charge on any atom is -0.496 e. The Kier molecular flexibility index (Phi) is 5.38. The van der Waals surface area contributed by atoms with E-state index in [0.717, 1.165) is 43.3 Å². The van der Waals surface area contributed by atoms with E-state index in [-0.39, 0.29) is 5.91 Å². The molecule has 1 N–H and O–H groups in total. The molecule has 0 saturated carbocycles. The Morgan fingerprint density at radius 3 is 2.88 bits per heavy atom. The van der Waals surface area contributed by atoms with Crippen LogP contribution in [0.3, 0.4) is 0 Å². The third-order valence-corrected chi connectivity index (χ3v) is 4.37. The van der Waals surface area contributed by atoms with Gasteiger partial charge in [-0.25, -0.2) is 4.98 Å². The fraction of sp³-hybridized carbons (Fsp3) is 0.474. The Labute approximate surface area is 148 Å². The van der Waals surface area contributed by atoms with E-state index in [1.165, 1.54) is 0 Å². The van der Waals surface area contributed by atoms with E-state index in [9.17, 15) is 4.79 Å². The number of ether oxygens (including phenoxy) is 1. The minimum absolute atomic E-state index is 0.150. The number of methoxy groups -OCH3 is 1. The number of fused-ring (bicyclic) bond motifs is 1. The molecule has 0 bridgehead atoms. The summed E-state index contributed by atoms with van der Waals surface area (Å²) in [6.45, 7) is 8.61. The fourth-order valence-corrected chi connectivity index (χ4v) is 3.20. The summed E-state index contributed by atoms with van der Waals surface area (Å²) in [4.78, 5) is 19.4. The summed E-state index contributed by atoms with van der Waals surface area (Å²) in [7, 11) is 1.63. The molecule has 25 heavy (non-hydrogen) atoms. The van der Waals surface area contributed by atoms with Gasteiger partial charge in [0, 0.05) is 37.9 Å². The zero-order chi connectivity index (χ0) is 17.8. The molecule has 0 aliphatic carbocycles. The predicted octanol–water partition coefficient (Wildman–Crippen LogP) is 2.29. The minimum atomic E-state index is -0.150. The van der Waals surface area contributed by atoms with E-state index in [4.69, 9.17) is 4.74 Å². The van der Waals surface area contributed by atoms with Gasteiger partial charge < -0.3 is 14.6 Å². The Bertz CT molecular complexity index is 739. The molecule has 0 atom stereocenters. The Morgan fingerprint density at radius 1 is 1.32 bits per heavy atom. The second kappa shape index (κ2) is 7.70. The van der Waals surface area contributed by atoms with Crippen LogP contribution in [0.5, 0.6) is 5.75 Å². The smallest absolute Gasteiger partial charge is 0.271 e.